The Hall–Kier alpha value is -2.20. The summed E-state index contributed by atoms with van der Waals surface area (Å²) in [6.45, 7) is 2.97. The van der Waals surface area contributed by atoms with Crippen LogP contribution < -0.4 is 5.43 Å². The molecule has 1 N–H and O–H groups in total. The van der Waals surface area contributed by atoms with Crippen molar-refractivity contribution in [3.63, 3.8) is 0 Å². The topological polar surface area (TPSA) is 27.6 Å². The Kier molecular flexibility index (Phi) is 4.81. The summed E-state index contributed by atoms with van der Waals surface area (Å²) in [6, 6.07) is 14.7. The number of para-hydroxylation sites is 1. The normalized spacial score (nSPS) is 15.5. The molecule has 4 heteroatoms. The zero-order chi connectivity index (χ0) is 15.2. The van der Waals surface area contributed by atoms with Crippen LogP contribution in [0.15, 0.2) is 53.6 Å². The molecule has 0 spiro atoms. The first-order valence-electron chi connectivity index (χ1n) is 7.66. The SMILES string of the molecule is Fc1ccc(C=NNc2ccccc2)c(CN2CCCC2)c1. The van der Waals surface area contributed by atoms with E-state index >= 15 is 0 Å². The smallest absolute Gasteiger partial charge is 0.123 e. The standard InChI is InChI=1S/C18H20FN3/c19-17-9-8-15(13-20-21-18-6-2-1-3-7-18)16(12-17)14-22-10-4-5-11-22/h1-3,6-9,12-13,21H,4-5,10-11,14H2. The highest BCUT2D eigenvalue weighted by Crippen LogP contribution is 2.16. The molecule has 0 amide bonds. The number of nitrogens with one attached hydrogen (secondary N) is 1. The van der Waals surface area contributed by atoms with Gasteiger partial charge in [-0.1, -0.05) is 24.3 Å². The summed E-state index contributed by atoms with van der Waals surface area (Å²) in [5.41, 5.74) is 5.86. The molecule has 22 heavy (non-hydrogen) atoms. The highest BCUT2D eigenvalue weighted by atomic mass is 19.1. The quantitative estimate of drug-likeness (QED) is 0.670. The molecular weight excluding hydrogens is 277 g/mol. The van der Waals surface area contributed by atoms with E-state index in [4.69, 9.17) is 0 Å². The van der Waals surface area contributed by atoms with Crippen LogP contribution in [-0.4, -0.2) is 24.2 Å². The molecular formula is C18H20FN3. The van der Waals surface area contributed by atoms with E-state index in [0.29, 0.717) is 0 Å². The molecule has 1 aliphatic heterocycles. The zero-order valence-electron chi connectivity index (χ0n) is 12.5. The first kappa shape index (κ1) is 14.7. The second kappa shape index (κ2) is 7.18. The van der Waals surface area contributed by atoms with Crippen LogP contribution in [0, 0.1) is 5.82 Å². The van der Waals surface area contributed by atoms with Gasteiger partial charge >= 0.3 is 0 Å². The molecule has 1 aliphatic rings. The van der Waals surface area contributed by atoms with Gasteiger partial charge in [-0.05, 0) is 61.3 Å². The molecule has 0 bridgehead atoms. The van der Waals surface area contributed by atoms with Crippen molar-refractivity contribution in [2.75, 3.05) is 18.5 Å². The van der Waals surface area contributed by atoms with Gasteiger partial charge in [-0.25, -0.2) is 4.39 Å². The lowest BCUT2D eigenvalue weighted by Crippen LogP contribution is -2.19. The molecule has 1 fully saturated rings. The molecule has 1 saturated heterocycles. The summed E-state index contributed by atoms with van der Waals surface area (Å²) in [5.74, 6) is -0.192. The van der Waals surface area contributed by atoms with Gasteiger partial charge in [0.2, 0.25) is 0 Å². The Morgan fingerprint density at radius 3 is 2.64 bits per heavy atom. The molecule has 2 aromatic rings. The minimum absolute atomic E-state index is 0.192. The van der Waals surface area contributed by atoms with Gasteiger partial charge < -0.3 is 0 Å². The number of nitrogens with zero attached hydrogens (tertiary/aromatic N) is 2. The summed E-state index contributed by atoms with van der Waals surface area (Å²) in [7, 11) is 0. The third-order valence-electron chi connectivity index (χ3n) is 3.87. The predicted molar refractivity (Wildman–Crippen MR) is 88.6 cm³/mol. The lowest BCUT2D eigenvalue weighted by atomic mass is 10.1. The van der Waals surface area contributed by atoms with E-state index in [9.17, 15) is 4.39 Å². The molecule has 3 rings (SSSR count). The van der Waals surface area contributed by atoms with Crippen LogP contribution in [0.25, 0.3) is 0 Å². The van der Waals surface area contributed by atoms with Gasteiger partial charge in [-0.15, -0.1) is 0 Å². The molecule has 2 aromatic carbocycles. The molecule has 0 saturated carbocycles. The van der Waals surface area contributed by atoms with E-state index in [-0.39, 0.29) is 5.82 Å². The second-order valence-electron chi connectivity index (χ2n) is 5.56. The van der Waals surface area contributed by atoms with Crippen LogP contribution in [0.4, 0.5) is 10.1 Å². The van der Waals surface area contributed by atoms with Gasteiger partial charge in [0.15, 0.2) is 0 Å². The third-order valence-corrected chi connectivity index (χ3v) is 3.87. The van der Waals surface area contributed by atoms with Crippen LogP contribution >= 0.6 is 0 Å². The summed E-state index contributed by atoms with van der Waals surface area (Å²) in [4.78, 5) is 2.36. The predicted octanol–water partition coefficient (Wildman–Crippen LogP) is 3.87. The maximum absolute atomic E-state index is 13.5. The van der Waals surface area contributed by atoms with Crippen molar-refractivity contribution in [2.45, 2.75) is 19.4 Å². The second-order valence-corrected chi connectivity index (χ2v) is 5.56. The van der Waals surface area contributed by atoms with Gasteiger partial charge in [0.05, 0.1) is 11.9 Å². The van der Waals surface area contributed by atoms with E-state index in [1.165, 1.54) is 18.9 Å². The van der Waals surface area contributed by atoms with Gasteiger partial charge in [-0.2, -0.15) is 5.10 Å². The summed E-state index contributed by atoms with van der Waals surface area (Å²) in [5, 5.41) is 4.26. The molecule has 0 aromatic heterocycles. The van der Waals surface area contributed by atoms with Crippen LogP contribution in [0.2, 0.25) is 0 Å². The van der Waals surface area contributed by atoms with E-state index in [1.54, 1.807) is 18.3 Å². The van der Waals surface area contributed by atoms with Gasteiger partial charge in [-0.3, -0.25) is 10.3 Å². The van der Waals surface area contributed by atoms with Crippen LogP contribution in [0.3, 0.4) is 0 Å². The number of halogens is 1. The molecule has 0 atom stereocenters. The number of rotatable bonds is 5. The lowest BCUT2D eigenvalue weighted by Gasteiger charge is -2.16. The maximum Gasteiger partial charge on any atom is 0.123 e. The first-order valence-corrected chi connectivity index (χ1v) is 7.66. The maximum atomic E-state index is 13.5. The minimum atomic E-state index is -0.192. The summed E-state index contributed by atoms with van der Waals surface area (Å²) < 4.78 is 13.5. The minimum Gasteiger partial charge on any atom is -0.299 e. The van der Waals surface area contributed by atoms with Crippen LogP contribution in [-0.2, 0) is 6.54 Å². The molecule has 3 nitrogen and oxygen atoms in total. The lowest BCUT2D eigenvalue weighted by molar-refractivity contribution is 0.330. The fourth-order valence-corrected chi connectivity index (χ4v) is 2.71. The molecule has 114 valence electrons. The number of likely N-dealkylation sites (tertiary alicyclic amines) is 1. The van der Waals surface area contributed by atoms with Crippen molar-refractivity contribution >= 4 is 11.9 Å². The zero-order valence-corrected chi connectivity index (χ0v) is 12.5. The molecule has 1 heterocycles. The molecule has 0 aliphatic carbocycles. The first-order chi connectivity index (χ1) is 10.8. The number of hydrazone groups is 1. The molecule has 0 unspecified atom stereocenters. The number of hydrogen-bond donors (Lipinski definition) is 1. The van der Waals surface area contributed by atoms with Crippen LogP contribution in [0.1, 0.15) is 24.0 Å². The van der Waals surface area contributed by atoms with Crippen molar-refractivity contribution < 1.29 is 4.39 Å². The average molecular weight is 297 g/mol. The summed E-state index contributed by atoms with van der Waals surface area (Å²) in [6.07, 6.45) is 4.22. The largest absolute Gasteiger partial charge is 0.299 e. The van der Waals surface area contributed by atoms with E-state index < -0.39 is 0 Å². The Morgan fingerprint density at radius 2 is 1.86 bits per heavy atom. The number of hydrogen-bond acceptors (Lipinski definition) is 3. The third kappa shape index (κ3) is 3.92. The summed E-state index contributed by atoms with van der Waals surface area (Å²) >= 11 is 0. The van der Waals surface area contributed by atoms with Gasteiger partial charge in [0, 0.05) is 6.54 Å². The van der Waals surface area contributed by atoms with Crippen molar-refractivity contribution in [3.8, 4) is 0 Å². The highest BCUT2D eigenvalue weighted by molar-refractivity contribution is 5.82. The van der Waals surface area contributed by atoms with Gasteiger partial charge in [0.1, 0.15) is 5.82 Å². The van der Waals surface area contributed by atoms with Crippen LogP contribution in [0.5, 0.6) is 0 Å². The number of benzene rings is 2. The van der Waals surface area contributed by atoms with E-state index in [0.717, 1.165) is 36.4 Å². The Morgan fingerprint density at radius 1 is 1.09 bits per heavy atom. The van der Waals surface area contributed by atoms with Crippen molar-refractivity contribution in [2.24, 2.45) is 5.10 Å². The monoisotopic (exact) mass is 297 g/mol. The Labute approximate surface area is 130 Å². The van der Waals surface area contributed by atoms with Gasteiger partial charge in [0.25, 0.3) is 0 Å². The molecule has 0 radical (unpaired) electrons. The van der Waals surface area contributed by atoms with Crippen molar-refractivity contribution in [1.29, 1.82) is 0 Å². The Balaban J connectivity index is 1.71. The average Bonchev–Trinajstić information content (AvgIpc) is 3.03. The van der Waals surface area contributed by atoms with E-state index in [2.05, 4.69) is 15.4 Å². The fourth-order valence-electron chi connectivity index (χ4n) is 2.71. The van der Waals surface area contributed by atoms with Crippen molar-refractivity contribution in [3.05, 3.63) is 65.5 Å². The Bertz CT molecular complexity index is 634. The van der Waals surface area contributed by atoms with E-state index in [1.807, 2.05) is 30.3 Å². The highest BCUT2D eigenvalue weighted by Gasteiger charge is 2.13. The fraction of sp³-hybridized carbons (Fsp3) is 0.278. The van der Waals surface area contributed by atoms with Crippen molar-refractivity contribution in [1.82, 2.24) is 4.90 Å². The number of anilines is 1.